The Morgan fingerprint density at radius 3 is 2.48 bits per heavy atom. The Bertz CT molecular complexity index is 1130. The monoisotopic (exact) mass is 583 g/mol. The van der Waals surface area contributed by atoms with Crippen LogP contribution in [0.25, 0.3) is 0 Å². The number of hydrogen-bond donors (Lipinski definition) is 1. The van der Waals surface area contributed by atoms with Crippen LogP contribution in [0.5, 0.6) is 0 Å². The van der Waals surface area contributed by atoms with Crippen LogP contribution in [0.2, 0.25) is 0 Å². The second-order valence-corrected chi connectivity index (χ2v) is 12.6. The molecular weight excluding hydrogens is 534 g/mol. The predicted molar refractivity (Wildman–Crippen MR) is 160 cm³/mol. The molecule has 1 aromatic rings. The third-order valence-electron chi connectivity index (χ3n) is 9.67. The first kappa shape index (κ1) is 32.2. The Morgan fingerprint density at radius 2 is 1.88 bits per heavy atom. The second kappa shape index (κ2) is 13.7. The molecule has 8 atom stereocenters. The number of fused-ring (bicyclic) bond motifs is 1. The van der Waals surface area contributed by atoms with Gasteiger partial charge in [-0.25, -0.2) is 0 Å². The van der Waals surface area contributed by atoms with E-state index in [2.05, 4.69) is 25.7 Å². The van der Waals surface area contributed by atoms with Crippen LogP contribution in [-0.4, -0.2) is 78.8 Å². The van der Waals surface area contributed by atoms with Crippen molar-refractivity contribution in [1.82, 2.24) is 15.3 Å². The number of methoxy groups -OCH3 is 2. The summed E-state index contributed by atoms with van der Waals surface area (Å²) in [4.78, 5) is 48.6. The zero-order chi connectivity index (χ0) is 30.6. The maximum Gasteiger partial charge on any atom is 0.273 e. The number of carbonyl (C=O) groups is 3. The van der Waals surface area contributed by atoms with Crippen LogP contribution in [0.15, 0.2) is 42.6 Å². The van der Waals surface area contributed by atoms with Crippen molar-refractivity contribution in [1.29, 1.82) is 0 Å². The Labute approximate surface area is 250 Å². The van der Waals surface area contributed by atoms with Gasteiger partial charge in [0.15, 0.2) is 0 Å². The number of carbonyl (C=O) groups excluding carboxylic acids is 3. The molecule has 1 aromatic carbocycles. The number of ether oxygens (including phenoxy) is 2. The van der Waals surface area contributed by atoms with Gasteiger partial charge in [-0.05, 0) is 37.2 Å². The number of benzene rings is 1. The highest BCUT2D eigenvalue weighted by molar-refractivity contribution is 5.89. The molecular formula is C33H49N3O6. The molecule has 3 amide bonds. The van der Waals surface area contributed by atoms with Gasteiger partial charge in [0.05, 0.1) is 42.4 Å². The summed E-state index contributed by atoms with van der Waals surface area (Å²) < 4.78 is 11.5. The first-order chi connectivity index (χ1) is 20.0. The first-order valence-electron chi connectivity index (χ1n) is 15.4. The maximum atomic E-state index is 13.7. The summed E-state index contributed by atoms with van der Waals surface area (Å²) in [6.45, 7) is 12.9. The van der Waals surface area contributed by atoms with Crippen molar-refractivity contribution in [3.63, 3.8) is 0 Å². The number of likely N-dealkylation sites (tertiary alicyclic amines) is 1. The molecule has 0 spiro atoms. The van der Waals surface area contributed by atoms with Gasteiger partial charge in [-0.1, -0.05) is 71.0 Å². The lowest BCUT2D eigenvalue weighted by molar-refractivity contribution is -0.172. The van der Waals surface area contributed by atoms with E-state index in [4.69, 9.17) is 14.3 Å². The standard InChI is InChI=1S/C33H49N3O6/c1-8-21(2)17-25(40-6)19-29(37)35-16-12-15-27(35)30(41-7)22(3)31(38)34-26(18-24-13-10-9-11-14-24)32(39)36-23(4)33(5)20-28(33)42-36/h9-11,13-14,21-22,25-28,30H,4,8,12,15-20H2,1-3,5-7H3,(H,34,38)/t21-,22+,25-,26-,27-,28?,30+,33?/m0/s1. The summed E-state index contributed by atoms with van der Waals surface area (Å²) in [6.07, 6.45) is 4.20. The van der Waals surface area contributed by atoms with E-state index in [1.54, 1.807) is 21.1 Å². The molecule has 2 unspecified atom stereocenters. The van der Waals surface area contributed by atoms with E-state index in [0.717, 1.165) is 37.7 Å². The molecule has 4 rings (SSSR count). The van der Waals surface area contributed by atoms with E-state index in [-0.39, 0.29) is 41.4 Å². The van der Waals surface area contributed by atoms with Crippen LogP contribution in [0, 0.1) is 17.3 Å². The normalized spacial score (nSPS) is 26.8. The summed E-state index contributed by atoms with van der Waals surface area (Å²) in [6, 6.07) is 8.52. The Balaban J connectivity index is 1.45. The minimum Gasteiger partial charge on any atom is -0.381 e. The molecule has 232 valence electrons. The fourth-order valence-corrected chi connectivity index (χ4v) is 6.36. The molecule has 9 heteroatoms. The van der Waals surface area contributed by atoms with Crippen molar-refractivity contribution in [2.75, 3.05) is 20.8 Å². The summed E-state index contributed by atoms with van der Waals surface area (Å²) in [5, 5.41) is 4.28. The van der Waals surface area contributed by atoms with Crippen LogP contribution in [0.3, 0.4) is 0 Å². The summed E-state index contributed by atoms with van der Waals surface area (Å²) >= 11 is 0. The van der Waals surface area contributed by atoms with Gasteiger partial charge < -0.3 is 19.7 Å². The molecule has 2 aliphatic heterocycles. The molecule has 42 heavy (non-hydrogen) atoms. The van der Waals surface area contributed by atoms with E-state index in [1.807, 2.05) is 42.2 Å². The van der Waals surface area contributed by atoms with Gasteiger partial charge in [0, 0.05) is 32.6 Å². The average molecular weight is 584 g/mol. The van der Waals surface area contributed by atoms with Crippen LogP contribution >= 0.6 is 0 Å². The van der Waals surface area contributed by atoms with E-state index < -0.39 is 18.1 Å². The molecule has 0 aromatic heterocycles. The van der Waals surface area contributed by atoms with Crippen LogP contribution < -0.4 is 5.32 Å². The summed E-state index contributed by atoms with van der Waals surface area (Å²) in [5.74, 6) is -0.752. The van der Waals surface area contributed by atoms with Crippen LogP contribution in [-0.2, 0) is 35.1 Å². The lowest BCUT2D eigenvalue weighted by Crippen LogP contribution is -2.54. The molecule has 9 nitrogen and oxygen atoms in total. The lowest BCUT2D eigenvalue weighted by Gasteiger charge is -2.35. The molecule has 0 bridgehead atoms. The molecule has 2 saturated heterocycles. The number of nitrogens with zero attached hydrogens (tertiary/aromatic N) is 2. The Hall–Kier alpha value is -2.75. The van der Waals surface area contributed by atoms with Gasteiger partial charge in [-0.2, -0.15) is 5.06 Å². The smallest absolute Gasteiger partial charge is 0.273 e. The van der Waals surface area contributed by atoms with Crippen molar-refractivity contribution >= 4 is 17.7 Å². The molecule has 0 radical (unpaired) electrons. The fourth-order valence-electron chi connectivity index (χ4n) is 6.36. The van der Waals surface area contributed by atoms with E-state index in [0.29, 0.717) is 31.0 Å². The third kappa shape index (κ3) is 6.90. The van der Waals surface area contributed by atoms with Crippen molar-refractivity contribution in [3.8, 4) is 0 Å². The van der Waals surface area contributed by atoms with E-state index in [9.17, 15) is 14.4 Å². The van der Waals surface area contributed by atoms with Crippen LogP contribution in [0.1, 0.15) is 71.8 Å². The second-order valence-electron chi connectivity index (χ2n) is 12.6. The zero-order valence-corrected chi connectivity index (χ0v) is 26.1. The van der Waals surface area contributed by atoms with Crippen LogP contribution in [0.4, 0.5) is 0 Å². The third-order valence-corrected chi connectivity index (χ3v) is 9.67. The maximum absolute atomic E-state index is 13.7. The SMILES string of the molecule is C=C1N(C(=O)[C@H](Cc2ccccc2)NC(=O)[C@H](C)[C@@H](OC)[C@@H]2CCCN2C(=O)C[C@H](C[C@@H](C)CC)OC)OC2CC12C. The van der Waals surface area contributed by atoms with E-state index >= 15 is 0 Å². The first-order valence-corrected chi connectivity index (χ1v) is 15.4. The summed E-state index contributed by atoms with van der Waals surface area (Å²) in [7, 11) is 3.24. The molecule has 2 heterocycles. The highest BCUT2D eigenvalue weighted by Gasteiger charge is 2.63. The fraction of sp³-hybridized carbons (Fsp3) is 0.667. The highest BCUT2D eigenvalue weighted by Crippen LogP contribution is 2.59. The van der Waals surface area contributed by atoms with Crippen molar-refractivity contribution < 1.29 is 28.7 Å². The quantitative estimate of drug-likeness (QED) is 0.352. The van der Waals surface area contributed by atoms with Gasteiger partial charge >= 0.3 is 0 Å². The van der Waals surface area contributed by atoms with Gasteiger partial charge in [-0.3, -0.25) is 19.2 Å². The van der Waals surface area contributed by atoms with Gasteiger partial charge in [0.25, 0.3) is 5.91 Å². The van der Waals surface area contributed by atoms with Gasteiger partial charge in [-0.15, -0.1) is 0 Å². The minimum atomic E-state index is -0.845. The van der Waals surface area contributed by atoms with E-state index in [1.165, 1.54) is 5.06 Å². The zero-order valence-electron chi connectivity index (χ0n) is 26.1. The average Bonchev–Trinajstić information content (AvgIpc) is 3.29. The van der Waals surface area contributed by atoms with Gasteiger partial charge in [0.2, 0.25) is 11.8 Å². The van der Waals surface area contributed by atoms with Crippen molar-refractivity contribution in [2.45, 2.75) is 103 Å². The van der Waals surface area contributed by atoms with Gasteiger partial charge in [0.1, 0.15) is 6.04 Å². The van der Waals surface area contributed by atoms with Crippen molar-refractivity contribution in [3.05, 3.63) is 48.2 Å². The molecule has 1 aliphatic carbocycles. The number of nitrogens with one attached hydrogen (secondary N) is 1. The Morgan fingerprint density at radius 1 is 1.17 bits per heavy atom. The molecule has 1 N–H and O–H groups in total. The summed E-state index contributed by atoms with van der Waals surface area (Å²) in [5.41, 5.74) is 1.33. The largest absolute Gasteiger partial charge is 0.381 e. The number of amides is 3. The predicted octanol–water partition coefficient (Wildman–Crippen LogP) is 4.26. The minimum absolute atomic E-state index is 0.0243. The highest BCUT2D eigenvalue weighted by atomic mass is 16.7. The Kier molecular flexibility index (Phi) is 10.5. The number of rotatable bonds is 14. The number of hydrogen-bond acceptors (Lipinski definition) is 6. The lowest BCUT2D eigenvalue weighted by atomic mass is 9.93. The molecule has 1 saturated carbocycles. The number of hydroxylamine groups is 2. The van der Waals surface area contributed by atoms with Crippen molar-refractivity contribution in [2.24, 2.45) is 17.3 Å². The molecule has 3 fully saturated rings. The topological polar surface area (TPSA) is 97.4 Å². The molecule has 3 aliphatic rings.